The second kappa shape index (κ2) is 10.5. The Morgan fingerprint density at radius 1 is 1.09 bits per heavy atom. The highest BCUT2D eigenvalue weighted by Crippen LogP contribution is 2.42. The highest BCUT2D eigenvalue weighted by atomic mass is 79.9. The number of carbonyl (C=O) groups is 1. The predicted octanol–water partition coefficient (Wildman–Crippen LogP) is 6.50. The van der Waals surface area contributed by atoms with Crippen molar-refractivity contribution in [1.82, 2.24) is 0 Å². The summed E-state index contributed by atoms with van der Waals surface area (Å²) in [6, 6.07) is 14.3. The summed E-state index contributed by atoms with van der Waals surface area (Å²) in [5.41, 5.74) is 5.51. The maximum atomic E-state index is 11.9. The van der Waals surface area contributed by atoms with E-state index in [1.54, 1.807) is 6.07 Å². The van der Waals surface area contributed by atoms with Crippen molar-refractivity contribution in [1.29, 1.82) is 0 Å². The first-order chi connectivity index (χ1) is 15.3. The number of nitrogens with zero attached hydrogens (tertiary/aromatic N) is 2. The van der Waals surface area contributed by atoms with Gasteiger partial charge in [0.25, 0.3) is 0 Å². The van der Waals surface area contributed by atoms with Gasteiger partial charge in [0.2, 0.25) is 5.69 Å². The molecule has 1 aliphatic rings. The van der Waals surface area contributed by atoms with Gasteiger partial charge in [-0.2, -0.15) is 4.58 Å². The molecule has 2 aromatic rings. The van der Waals surface area contributed by atoms with Crippen LogP contribution in [0.5, 0.6) is 0 Å². The number of carboxylic acid groups (broad SMARTS) is 1. The number of anilines is 1. The Morgan fingerprint density at radius 3 is 2.41 bits per heavy atom. The summed E-state index contributed by atoms with van der Waals surface area (Å²) in [5.74, 6) is -0.881. The molecule has 0 unspecified atom stereocenters. The van der Waals surface area contributed by atoms with Gasteiger partial charge in [0, 0.05) is 35.7 Å². The molecule has 1 heterocycles. The molecule has 0 spiro atoms. The van der Waals surface area contributed by atoms with Crippen molar-refractivity contribution < 1.29 is 14.5 Å². The fourth-order valence-corrected chi connectivity index (χ4v) is 4.97. The molecule has 3 rings (SSSR count). The van der Waals surface area contributed by atoms with E-state index in [9.17, 15) is 9.90 Å². The van der Waals surface area contributed by atoms with Crippen LogP contribution in [-0.4, -0.2) is 46.3 Å². The molecule has 4 nitrogen and oxygen atoms in total. The van der Waals surface area contributed by atoms with Crippen LogP contribution in [0.4, 0.5) is 11.4 Å². The normalized spacial score (nSPS) is 14.8. The lowest BCUT2D eigenvalue weighted by atomic mass is 9.80. The maximum absolute atomic E-state index is 11.9. The van der Waals surface area contributed by atoms with Crippen molar-refractivity contribution in [2.75, 3.05) is 29.9 Å². The van der Waals surface area contributed by atoms with Crippen LogP contribution < -0.4 is 4.90 Å². The molecule has 5 heteroatoms. The zero-order chi connectivity index (χ0) is 23.3. The molecule has 0 amide bonds. The Hall–Kier alpha value is -2.40. The fourth-order valence-electron chi connectivity index (χ4n) is 4.57. The maximum Gasteiger partial charge on any atom is 0.342 e. The van der Waals surface area contributed by atoms with E-state index in [0.29, 0.717) is 5.56 Å². The minimum absolute atomic E-state index is 0.262. The van der Waals surface area contributed by atoms with Crippen LogP contribution in [-0.2, 0) is 5.41 Å². The van der Waals surface area contributed by atoms with Gasteiger partial charge < -0.3 is 10.0 Å². The molecule has 0 radical (unpaired) electrons. The molecule has 0 atom stereocenters. The molecule has 0 saturated carbocycles. The summed E-state index contributed by atoms with van der Waals surface area (Å²) in [7, 11) is 0. The average molecular weight is 498 g/mol. The molecular weight excluding hydrogens is 464 g/mol. The smallest absolute Gasteiger partial charge is 0.342 e. The quantitative estimate of drug-likeness (QED) is 0.231. The fraction of sp³-hybridized carbons (Fsp3) is 0.407. The molecule has 0 aliphatic carbocycles. The first-order valence-electron chi connectivity index (χ1n) is 11.5. The molecule has 0 saturated heterocycles. The van der Waals surface area contributed by atoms with Crippen molar-refractivity contribution in [2.45, 2.75) is 46.0 Å². The van der Waals surface area contributed by atoms with E-state index in [0.717, 1.165) is 47.5 Å². The summed E-state index contributed by atoms with van der Waals surface area (Å²) < 4.78 is 2.15. The number of fused-ring (bicyclic) bond motifs is 1. The summed E-state index contributed by atoms with van der Waals surface area (Å²) in [6.07, 6.45) is 6.65. The van der Waals surface area contributed by atoms with E-state index in [2.05, 4.69) is 95.6 Å². The topological polar surface area (TPSA) is 43.5 Å². The molecule has 1 N–H and O–H groups in total. The van der Waals surface area contributed by atoms with Crippen LogP contribution in [0.15, 0.2) is 48.5 Å². The molecule has 32 heavy (non-hydrogen) atoms. The number of alkyl halides is 1. The monoisotopic (exact) mass is 497 g/mol. The van der Waals surface area contributed by atoms with Crippen molar-refractivity contribution >= 4 is 45.1 Å². The van der Waals surface area contributed by atoms with Gasteiger partial charge in [-0.3, -0.25) is 0 Å². The van der Waals surface area contributed by atoms with Gasteiger partial charge in [-0.1, -0.05) is 40.2 Å². The van der Waals surface area contributed by atoms with Crippen molar-refractivity contribution in [3.8, 4) is 0 Å². The third-order valence-electron chi connectivity index (χ3n) is 6.34. The summed E-state index contributed by atoms with van der Waals surface area (Å²) >= 11 is 3.51. The molecule has 1 aliphatic heterocycles. The Morgan fingerprint density at radius 2 is 1.81 bits per heavy atom. The lowest BCUT2D eigenvalue weighted by Gasteiger charge is -2.23. The number of hydrogen-bond acceptors (Lipinski definition) is 2. The number of allylic oxidation sites excluding steroid dienone is 1. The van der Waals surface area contributed by atoms with E-state index in [1.807, 2.05) is 6.07 Å². The highest BCUT2D eigenvalue weighted by Gasteiger charge is 2.45. The summed E-state index contributed by atoms with van der Waals surface area (Å²) in [4.78, 5) is 14.3. The summed E-state index contributed by atoms with van der Waals surface area (Å²) in [6.45, 7) is 11.4. The van der Waals surface area contributed by atoms with Crippen LogP contribution in [0.25, 0.3) is 6.08 Å². The van der Waals surface area contributed by atoms with E-state index in [4.69, 9.17) is 0 Å². The highest BCUT2D eigenvalue weighted by molar-refractivity contribution is 9.09. The molecule has 0 aromatic heterocycles. The number of carboxylic acids is 1. The lowest BCUT2D eigenvalue weighted by molar-refractivity contribution is -0.433. The first kappa shape index (κ1) is 24.2. The van der Waals surface area contributed by atoms with Gasteiger partial charge in [-0.15, -0.1) is 0 Å². The Kier molecular flexibility index (Phi) is 7.94. The third-order valence-corrected chi connectivity index (χ3v) is 6.90. The van der Waals surface area contributed by atoms with E-state index in [-0.39, 0.29) is 5.41 Å². The zero-order valence-electron chi connectivity index (χ0n) is 19.6. The molecule has 2 aromatic carbocycles. The van der Waals surface area contributed by atoms with Crippen molar-refractivity contribution in [3.05, 3.63) is 65.2 Å². The number of rotatable bonds is 10. The van der Waals surface area contributed by atoms with Gasteiger partial charge in [0.15, 0.2) is 5.71 Å². The Bertz CT molecular complexity index is 1020. The minimum Gasteiger partial charge on any atom is -0.477 e. The second-order valence-corrected chi connectivity index (χ2v) is 9.46. The molecular formula is C27H34BrN2O2+. The van der Waals surface area contributed by atoms with Gasteiger partial charge in [-0.05, 0) is 70.4 Å². The van der Waals surface area contributed by atoms with Gasteiger partial charge in [-0.25, -0.2) is 4.79 Å². The largest absolute Gasteiger partial charge is 0.477 e. The van der Waals surface area contributed by atoms with E-state index < -0.39 is 5.97 Å². The molecule has 0 fully saturated rings. The molecule has 170 valence electrons. The zero-order valence-corrected chi connectivity index (χ0v) is 21.2. The number of para-hydroxylation sites is 1. The van der Waals surface area contributed by atoms with Crippen molar-refractivity contribution in [2.24, 2.45) is 0 Å². The summed E-state index contributed by atoms with van der Waals surface area (Å²) in [5, 5.41) is 10.8. The Labute approximate surface area is 200 Å². The predicted molar refractivity (Wildman–Crippen MR) is 138 cm³/mol. The number of halogens is 1. The average Bonchev–Trinajstić information content (AvgIpc) is 3.01. The molecule has 0 bridgehead atoms. The third kappa shape index (κ3) is 4.83. The van der Waals surface area contributed by atoms with E-state index in [1.165, 1.54) is 18.5 Å². The number of benzene rings is 2. The van der Waals surface area contributed by atoms with Gasteiger partial charge in [0.05, 0.1) is 5.41 Å². The van der Waals surface area contributed by atoms with Gasteiger partial charge in [0.1, 0.15) is 12.1 Å². The number of aromatic carboxylic acids is 1. The Balaban J connectivity index is 1.89. The van der Waals surface area contributed by atoms with Crippen LogP contribution in [0.1, 0.15) is 62.0 Å². The SMILES string of the molecule is CCN(CCCCBr)c1ccc(/C=C/C2=[N+](CC)c3c(C(=O)O)cccc3C2(C)C)cc1. The van der Waals surface area contributed by atoms with Crippen molar-refractivity contribution in [3.63, 3.8) is 0 Å². The standard InChI is InChI=1S/C27H33BrN2O2/c1-5-29(19-8-7-18-28)21-15-12-20(13-16-21)14-17-24-27(3,4)23-11-9-10-22(26(31)32)25(23)30(24)6-2/h9-17H,5-8,18-19H2,1-4H3/p+1. The van der Waals surface area contributed by atoms with Crippen LogP contribution >= 0.6 is 15.9 Å². The van der Waals surface area contributed by atoms with Crippen LogP contribution in [0, 0.1) is 0 Å². The van der Waals surface area contributed by atoms with E-state index >= 15 is 0 Å². The minimum atomic E-state index is -0.881. The number of unbranched alkanes of at least 4 members (excludes halogenated alkanes) is 1. The lowest BCUT2D eigenvalue weighted by Crippen LogP contribution is -2.27. The van der Waals surface area contributed by atoms with Crippen LogP contribution in [0.2, 0.25) is 0 Å². The second-order valence-electron chi connectivity index (χ2n) is 8.66. The number of hydrogen-bond donors (Lipinski definition) is 1. The van der Waals surface area contributed by atoms with Gasteiger partial charge >= 0.3 is 5.97 Å². The first-order valence-corrected chi connectivity index (χ1v) is 12.6. The van der Waals surface area contributed by atoms with Crippen LogP contribution in [0.3, 0.4) is 0 Å².